The fourth-order valence-corrected chi connectivity index (χ4v) is 7.62. The molecule has 2 amide bonds. The number of carboxylic acids is 3. The molecule has 0 fully saturated rings. The number of esters is 1. The van der Waals surface area contributed by atoms with Crippen molar-refractivity contribution in [2.45, 2.75) is 31.0 Å². The third-order valence-corrected chi connectivity index (χ3v) is 11.1. The molecule has 0 aliphatic carbocycles. The normalized spacial score (nSPS) is 11.4. The summed E-state index contributed by atoms with van der Waals surface area (Å²) in [5, 5.41) is 30.6. The van der Waals surface area contributed by atoms with Gasteiger partial charge in [-0.05, 0) is 86.0 Å². The number of urea groups is 1. The number of benzene rings is 3. The largest absolute Gasteiger partial charge is 0.480 e. The van der Waals surface area contributed by atoms with Crippen molar-refractivity contribution in [1.82, 2.24) is 24.7 Å². The molecule has 0 unspecified atom stereocenters. The molecule has 354 valence electrons. The fourth-order valence-electron chi connectivity index (χ4n) is 4.83. The number of sulfonamides is 1. The van der Waals surface area contributed by atoms with Gasteiger partial charge in [0.1, 0.15) is 38.4 Å². The maximum atomic E-state index is 12.7. The molecule has 3 heterocycles. The lowest BCUT2D eigenvalue weighted by atomic mass is 10.2. The Kier molecular flexibility index (Phi) is 18.0. The van der Waals surface area contributed by atoms with E-state index in [0.29, 0.717) is 22.4 Å². The van der Waals surface area contributed by atoms with Crippen molar-refractivity contribution in [3.8, 4) is 23.3 Å². The lowest BCUT2D eigenvalue weighted by Gasteiger charge is -2.13. The van der Waals surface area contributed by atoms with E-state index in [4.69, 9.17) is 69.1 Å². The molecule has 6 aromatic rings. The summed E-state index contributed by atoms with van der Waals surface area (Å²) in [5.74, 6) is -4.39. The minimum Gasteiger partial charge on any atom is -0.480 e. The summed E-state index contributed by atoms with van der Waals surface area (Å²) < 4.78 is 83.9. The highest BCUT2D eigenvalue weighted by Gasteiger charge is 2.31. The highest BCUT2D eigenvalue weighted by atomic mass is 35.5. The Morgan fingerprint density at radius 1 is 0.881 bits per heavy atom. The van der Waals surface area contributed by atoms with Crippen LogP contribution in [0.15, 0.2) is 83.2 Å². The van der Waals surface area contributed by atoms with E-state index in [1.54, 1.807) is 35.2 Å². The Morgan fingerprint density at radius 2 is 1.57 bits per heavy atom. The van der Waals surface area contributed by atoms with Gasteiger partial charge in [0.25, 0.3) is 10.0 Å². The molecule has 67 heavy (non-hydrogen) atoms. The van der Waals surface area contributed by atoms with Crippen LogP contribution in [-0.2, 0) is 30.5 Å². The number of methoxy groups -OCH3 is 1. The van der Waals surface area contributed by atoms with E-state index in [2.05, 4.69) is 25.3 Å². The second-order valence-electron chi connectivity index (χ2n) is 12.6. The molecule has 0 aliphatic heterocycles. The number of anilines is 1. The van der Waals surface area contributed by atoms with Gasteiger partial charge in [-0.3, -0.25) is 10.3 Å². The van der Waals surface area contributed by atoms with Crippen LogP contribution >= 0.6 is 46.1 Å². The van der Waals surface area contributed by atoms with Crippen molar-refractivity contribution < 1.29 is 79.8 Å². The number of nitrogens with one attached hydrogen (secondary N) is 2. The first-order chi connectivity index (χ1) is 31.4. The number of thiophene rings is 1. The number of nitrogens with zero attached hydrogens (tertiary/aromatic N) is 4. The molecule has 0 bridgehead atoms. The van der Waals surface area contributed by atoms with Gasteiger partial charge < -0.3 is 34.3 Å². The lowest BCUT2D eigenvalue weighted by Crippen LogP contribution is -2.35. The number of hydrogen-bond donors (Lipinski definition) is 5. The molecule has 6 rings (SSSR count). The number of aliphatic carboxylic acids is 2. The van der Waals surface area contributed by atoms with Gasteiger partial charge in [0, 0.05) is 11.6 Å². The SMILES string of the molecule is COc1nc(C)nc(NC(=O)NS(=O)(=O)c2ccsc2C(=O)O)n1.C[C@H](OC(=O)c1cc(Oc2ccc(C(F)(F)F)cc2Cl)ccc1Cl)C(=O)O.O=C(O)COc1ccc(Cl)c2cccnc12. The number of halogens is 6. The minimum atomic E-state index is -4.56. The molecular weight excluding hydrogens is 1000 g/mol. The monoisotopic (exact) mass is 1030 g/mol. The summed E-state index contributed by atoms with van der Waals surface area (Å²) in [7, 11) is -3.06. The number of carbonyl (C=O) groups excluding carboxylic acids is 2. The van der Waals surface area contributed by atoms with E-state index in [-0.39, 0.29) is 44.9 Å². The number of carbonyl (C=O) groups is 5. The summed E-state index contributed by atoms with van der Waals surface area (Å²) >= 11 is 18.4. The van der Waals surface area contributed by atoms with Crippen molar-refractivity contribution in [2.24, 2.45) is 0 Å². The van der Waals surface area contributed by atoms with Crippen LogP contribution in [0.1, 0.15) is 38.3 Å². The van der Waals surface area contributed by atoms with Crippen LogP contribution in [-0.4, -0.2) is 93.4 Å². The Balaban J connectivity index is 0.000000226. The molecule has 5 N–H and O–H groups in total. The first kappa shape index (κ1) is 52.6. The summed E-state index contributed by atoms with van der Waals surface area (Å²) in [5.41, 5.74) is -0.551. The number of alkyl halides is 3. The Bertz CT molecular complexity index is 2950. The van der Waals surface area contributed by atoms with Crippen LogP contribution in [0.3, 0.4) is 0 Å². The highest BCUT2D eigenvalue weighted by Crippen LogP contribution is 2.37. The number of aromatic nitrogens is 4. The molecule has 1 atom stereocenters. The second kappa shape index (κ2) is 22.9. The maximum absolute atomic E-state index is 12.7. The summed E-state index contributed by atoms with van der Waals surface area (Å²) in [4.78, 5) is 70.5. The van der Waals surface area contributed by atoms with Crippen molar-refractivity contribution >= 4 is 103 Å². The molecule has 0 radical (unpaired) electrons. The fraction of sp³-hybridized carbons (Fsp3) is 0.154. The first-order valence-electron chi connectivity index (χ1n) is 18.0. The topological polar surface area (TPSA) is 293 Å². The van der Waals surface area contributed by atoms with Crippen LogP contribution in [0.25, 0.3) is 10.9 Å². The number of rotatable bonds is 13. The van der Waals surface area contributed by atoms with E-state index in [0.717, 1.165) is 47.9 Å². The van der Waals surface area contributed by atoms with Gasteiger partial charge in [-0.25, -0.2) is 37.1 Å². The van der Waals surface area contributed by atoms with E-state index in [9.17, 15) is 45.6 Å². The predicted molar refractivity (Wildman–Crippen MR) is 232 cm³/mol. The van der Waals surface area contributed by atoms with Crippen LogP contribution in [0.2, 0.25) is 15.1 Å². The quantitative estimate of drug-likeness (QED) is 0.0680. The van der Waals surface area contributed by atoms with Crippen LogP contribution in [0.4, 0.5) is 23.9 Å². The third kappa shape index (κ3) is 15.0. The number of amides is 2. The van der Waals surface area contributed by atoms with Crippen molar-refractivity contribution in [3.05, 3.63) is 115 Å². The van der Waals surface area contributed by atoms with Gasteiger partial charge in [0.2, 0.25) is 5.95 Å². The van der Waals surface area contributed by atoms with Crippen LogP contribution < -0.4 is 24.2 Å². The molecule has 20 nitrogen and oxygen atoms in total. The minimum absolute atomic E-state index is 0.0246. The number of aromatic carboxylic acids is 1. The Hall–Kier alpha value is -7.06. The van der Waals surface area contributed by atoms with E-state index in [1.165, 1.54) is 31.5 Å². The Labute approximate surface area is 394 Å². The number of hydrogen-bond acceptors (Lipinski definition) is 16. The summed E-state index contributed by atoms with van der Waals surface area (Å²) in [6.45, 7) is 2.29. The molecule has 3 aromatic carbocycles. The van der Waals surface area contributed by atoms with Gasteiger partial charge in [-0.15, -0.1) is 11.3 Å². The number of fused-ring (bicyclic) bond motifs is 1. The molecule has 3 aromatic heterocycles. The summed E-state index contributed by atoms with van der Waals surface area (Å²) in [6, 6.07) is 13.0. The molecule has 0 saturated carbocycles. The van der Waals surface area contributed by atoms with E-state index >= 15 is 0 Å². The van der Waals surface area contributed by atoms with Crippen molar-refractivity contribution in [2.75, 3.05) is 19.0 Å². The predicted octanol–water partition coefficient (Wildman–Crippen LogP) is 8.24. The summed E-state index contributed by atoms with van der Waals surface area (Å²) in [6.07, 6.45) is -4.35. The van der Waals surface area contributed by atoms with Gasteiger partial charge in [-0.2, -0.15) is 28.1 Å². The zero-order valence-electron chi connectivity index (χ0n) is 34.0. The lowest BCUT2D eigenvalue weighted by molar-refractivity contribution is -0.146. The maximum Gasteiger partial charge on any atom is 0.416 e. The number of carboxylic acid groups (broad SMARTS) is 3. The van der Waals surface area contributed by atoms with Crippen LogP contribution in [0.5, 0.6) is 23.3 Å². The van der Waals surface area contributed by atoms with Gasteiger partial charge in [0.05, 0.1) is 33.3 Å². The van der Waals surface area contributed by atoms with E-state index in [1.807, 2.05) is 0 Å². The van der Waals surface area contributed by atoms with Gasteiger partial charge in [0.15, 0.2) is 12.7 Å². The average Bonchev–Trinajstić information content (AvgIpc) is 3.77. The van der Waals surface area contributed by atoms with Crippen molar-refractivity contribution in [1.29, 1.82) is 0 Å². The van der Waals surface area contributed by atoms with Crippen molar-refractivity contribution in [3.63, 3.8) is 0 Å². The first-order valence-corrected chi connectivity index (χ1v) is 21.5. The smallest absolute Gasteiger partial charge is 0.416 e. The van der Waals surface area contributed by atoms with Gasteiger partial charge in [-0.1, -0.05) is 34.8 Å². The second-order valence-corrected chi connectivity index (χ2v) is 16.4. The third-order valence-electron chi connectivity index (χ3n) is 7.78. The molecule has 28 heteroatoms. The number of ether oxygens (including phenoxy) is 4. The Morgan fingerprint density at radius 3 is 2.19 bits per heavy atom. The number of pyridine rings is 1. The van der Waals surface area contributed by atoms with Gasteiger partial charge >= 0.3 is 42.1 Å². The number of aryl methyl sites for hydroxylation is 1. The zero-order valence-corrected chi connectivity index (χ0v) is 37.9. The standard InChI is InChI=1S/C17H11Cl2F3O5.C11H8ClNO3.C11H11N5O6S2/c1-8(15(23)24)26-16(25)11-7-10(3-4-12(11)18)27-14-5-2-9(6-13(14)19)17(20,21)22;12-8-3-4-9(16-6-10(14)15)11-7(8)2-1-5-13-11;1-5-12-9(15-11(13-5)22-2)14-10(19)16-24(20,21)6-3-4-23-7(6)8(17)18/h2-8H,1H3,(H,23,24);1-5H,6H2,(H,14,15);3-4H,1-2H3,(H,17,18)(H2,12,13,14,15,16,19)/t8-;;/m0../s1. The zero-order chi connectivity index (χ0) is 49.8. The van der Waals surface area contributed by atoms with Crippen LogP contribution in [0, 0.1) is 6.92 Å². The van der Waals surface area contributed by atoms with E-state index < -0.39 is 74.2 Å². The molecular formula is C39H30Cl3F3N6O14S2. The molecule has 0 spiro atoms. The molecule has 0 saturated heterocycles. The average molecular weight is 1030 g/mol. The molecule has 0 aliphatic rings. The highest BCUT2D eigenvalue weighted by molar-refractivity contribution is 7.90.